The van der Waals surface area contributed by atoms with Crippen molar-refractivity contribution in [3.8, 4) is 0 Å². The van der Waals surface area contributed by atoms with Crippen LogP contribution in [0.1, 0.15) is 27.2 Å². The number of nitrogens with zero attached hydrogens (tertiary/aromatic N) is 1. The maximum absolute atomic E-state index is 11.2. The highest BCUT2D eigenvalue weighted by atomic mass is 16.2. The number of rotatable bonds is 1. The van der Waals surface area contributed by atoms with Crippen molar-refractivity contribution in [1.82, 2.24) is 4.90 Å². The molecule has 3 nitrogen and oxygen atoms in total. The van der Waals surface area contributed by atoms with Crippen molar-refractivity contribution in [2.45, 2.75) is 33.2 Å². The molecule has 1 rings (SSSR count). The zero-order valence-corrected chi connectivity index (χ0v) is 7.83. The third kappa shape index (κ3) is 1.49. The zero-order valence-electron chi connectivity index (χ0n) is 7.83. The summed E-state index contributed by atoms with van der Waals surface area (Å²) in [5, 5.41) is 0. The molecule has 0 aromatic carbocycles. The molecule has 0 N–H and O–H groups in total. The Morgan fingerprint density at radius 1 is 1.33 bits per heavy atom. The van der Waals surface area contributed by atoms with Crippen LogP contribution in [0.2, 0.25) is 0 Å². The molecule has 1 amide bonds. The molecule has 0 radical (unpaired) electrons. The highest BCUT2D eigenvalue weighted by Gasteiger charge is 2.35. The van der Waals surface area contributed by atoms with Crippen LogP contribution in [-0.4, -0.2) is 29.2 Å². The summed E-state index contributed by atoms with van der Waals surface area (Å²) in [6, 6.07) is -0.164. The summed E-state index contributed by atoms with van der Waals surface area (Å²) in [6.07, 6.45) is 0.948. The maximum Gasteiger partial charge on any atom is 0.220 e. The van der Waals surface area contributed by atoms with Crippen LogP contribution < -0.4 is 0 Å². The van der Waals surface area contributed by atoms with Crippen LogP contribution in [0.15, 0.2) is 0 Å². The van der Waals surface area contributed by atoms with E-state index in [1.54, 1.807) is 11.8 Å². The van der Waals surface area contributed by atoms with Crippen LogP contribution in [0.25, 0.3) is 0 Å². The van der Waals surface area contributed by atoms with Gasteiger partial charge < -0.3 is 4.90 Å². The number of likely N-dealkylation sites (tertiary alicyclic amines) is 1. The Labute approximate surface area is 72.7 Å². The molecule has 1 unspecified atom stereocenters. The number of hydrogen-bond donors (Lipinski definition) is 0. The fraction of sp³-hybridized carbons (Fsp3) is 0.778. The van der Waals surface area contributed by atoms with Crippen molar-refractivity contribution >= 4 is 11.7 Å². The fourth-order valence-electron chi connectivity index (χ4n) is 1.92. The molecule has 1 aliphatic heterocycles. The molecule has 0 aromatic rings. The maximum atomic E-state index is 11.2. The molecule has 0 spiro atoms. The fourth-order valence-corrected chi connectivity index (χ4v) is 1.92. The number of Topliss-reactive ketones (excluding diaryl/α,β-unsaturated/α-hetero) is 1. The van der Waals surface area contributed by atoms with Crippen LogP contribution in [-0.2, 0) is 9.59 Å². The van der Waals surface area contributed by atoms with Gasteiger partial charge in [0.1, 0.15) is 0 Å². The molecular formula is C9H15NO2. The van der Waals surface area contributed by atoms with Crippen LogP contribution >= 0.6 is 0 Å². The lowest BCUT2D eigenvalue weighted by Crippen LogP contribution is -2.40. The van der Waals surface area contributed by atoms with E-state index in [0.29, 0.717) is 5.92 Å². The van der Waals surface area contributed by atoms with Gasteiger partial charge >= 0.3 is 0 Å². The Bertz CT molecular complexity index is 213. The van der Waals surface area contributed by atoms with E-state index in [0.717, 1.165) is 13.0 Å². The quantitative estimate of drug-likeness (QED) is 0.583. The molecule has 0 bridgehead atoms. The van der Waals surface area contributed by atoms with Crippen LogP contribution in [0.5, 0.6) is 0 Å². The number of carbonyl (C=O) groups is 2. The van der Waals surface area contributed by atoms with Crippen LogP contribution in [0, 0.1) is 5.92 Å². The monoisotopic (exact) mass is 169 g/mol. The van der Waals surface area contributed by atoms with Crippen molar-refractivity contribution in [2.24, 2.45) is 5.92 Å². The number of carbonyl (C=O) groups excluding carboxylic acids is 2. The Kier molecular flexibility index (Phi) is 2.50. The molecule has 0 aliphatic carbocycles. The lowest BCUT2D eigenvalue weighted by atomic mass is 10.00. The van der Waals surface area contributed by atoms with E-state index in [-0.39, 0.29) is 17.7 Å². The first-order valence-electron chi connectivity index (χ1n) is 4.31. The number of ketones is 1. The molecule has 1 aliphatic rings. The van der Waals surface area contributed by atoms with E-state index in [4.69, 9.17) is 0 Å². The Balaban J connectivity index is 2.77. The minimum atomic E-state index is -0.164. The van der Waals surface area contributed by atoms with Gasteiger partial charge in [0.2, 0.25) is 5.91 Å². The van der Waals surface area contributed by atoms with Crippen molar-refractivity contribution in [2.75, 3.05) is 6.54 Å². The van der Waals surface area contributed by atoms with Crippen molar-refractivity contribution in [3.05, 3.63) is 0 Å². The second kappa shape index (κ2) is 3.25. The summed E-state index contributed by atoms with van der Waals surface area (Å²) < 4.78 is 0. The second-order valence-corrected chi connectivity index (χ2v) is 3.53. The van der Waals surface area contributed by atoms with Gasteiger partial charge in [-0.2, -0.15) is 0 Å². The summed E-state index contributed by atoms with van der Waals surface area (Å²) in [5.74, 6) is 0.446. The number of hydrogen-bond acceptors (Lipinski definition) is 2. The van der Waals surface area contributed by atoms with E-state index < -0.39 is 0 Å². The average molecular weight is 169 g/mol. The molecule has 68 valence electrons. The van der Waals surface area contributed by atoms with E-state index >= 15 is 0 Å². The normalized spacial score (nSPS) is 29.1. The third-order valence-corrected chi connectivity index (χ3v) is 2.52. The highest BCUT2D eigenvalue weighted by molar-refractivity contribution is 5.87. The molecule has 12 heavy (non-hydrogen) atoms. The third-order valence-electron chi connectivity index (χ3n) is 2.52. The molecule has 0 aromatic heterocycles. The minimum Gasteiger partial charge on any atom is -0.333 e. The minimum absolute atomic E-state index is 0.0135. The molecule has 0 saturated carbocycles. The first-order valence-corrected chi connectivity index (χ1v) is 4.31. The molecular weight excluding hydrogens is 154 g/mol. The zero-order chi connectivity index (χ0) is 9.30. The second-order valence-electron chi connectivity index (χ2n) is 3.53. The Morgan fingerprint density at radius 3 is 2.25 bits per heavy atom. The lowest BCUT2D eigenvalue weighted by Gasteiger charge is -2.22. The summed E-state index contributed by atoms with van der Waals surface area (Å²) in [7, 11) is 0. The van der Waals surface area contributed by atoms with Gasteiger partial charge in [-0.3, -0.25) is 9.59 Å². The highest BCUT2D eigenvalue weighted by Crippen LogP contribution is 2.24. The van der Waals surface area contributed by atoms with Gasteiger partial charge in [-0.25, -0.2) is 0 Å². The van der Waals surface area contributed by atoms with Gasteiger partial charge in [-0.15, -0.1) is 0 Å². The first-order chi connectivity index (χ1) is 5.54. The van der Waals surface area contributed by atoms with Gasteiger partial charge in [0.15, 0.2) is 5.78 Å². The standard InChI is InChI=1S/C9H15NO2/c1-6-4-5-10(8(3)12)9(6)7(2)11/h6,9H,4-5H2,1-3H3/t6?,9-/m0/s1. The van der Waals surface area contributed by atoms with Crippen molar-refractivity contribution in [3.63, 3.8) is 0 Å². The van der Waals surface area contributed by atoms with Crippen LogP contribution in [0.3, 0.4) is 0 Å². The van der Waals surface area contributed by atoms with Crippen molar-refractivity contribution in [1.29, 1.82) is 0 Å². The predicted octanol–water partition coefficient (Wildman–Crippen LogP) is 0.832. The average Bonchev–Trinajstić information content (AvgIpc) is 2.30. The Morgan fingerprint density at radius 2 is 1.92 bits per heavy atom. The first kappa shape index (κ1) is 9.23. The van der Waals surface area contributed by atoms with Gasteiger partial charge in [0, 0.05) is 13.5 Å². The lowest BCUT2D eigenvalue weighted by molar-refractivity contribution is -0.135. The molecule has 1 saturated heterocycles. The molecule has 1 fully saturated rings. The summed E-state index contributed by atoms with van der Waals surface area (Å²) in [6.45, 7) is 5.84. The number of amides is 1. The topological polar surface area (TPSA) is 37.4 Å². The van der Waals surface area contributed by atoms with E-state index in [9.17, 15) is 9.59 Å². The predicted molar refractivity (Wildman–Crippen MR) is 45.6 cm³/mol. The van der Waals surface area contributed by atoms with Gasteiger partial charge in [-0.05, 0) is 19.3 Å². The van der Waals surface area contributed by atoms with E-state index in [1.807, 2.05) is 6.92 Å². The van der Waals surface area contributed by atoms with E-state index in [1.165, 1.54) is 6.92 Å². The molecule has 1 heterocycles. The van der Waals surface area contributed by atoms with Crippen LogP contribution in [0.4, 0.5) is 0 Å². The summed E-state index contributed by atoms with van der Waals surface area (Å²) >= 11 is 0. The SMILES string of the molecule is CC(=O)[C@@H]1C(C)CCN1C(C)=O. The molecule has 2 atom stereocenters. The van der Waals surface area contributed by atoms with E-state index in [2.05, 4.69) is 0 Å². The summed E-state index contributed by atoms with van der Waals surface area (Å²) in [4.78, 5) is 23.9. The van der Waals surface area contributed by atoms with Gasteiger partial charge in [-0.1, -0.05) is 6.92 Å². The summed E-state index contributed by atoms with van der Waals surface area (Å²) in [5.41, 5.74) is 0. The molecule has 3 heteroatoms. The Hall–Kier alpha value is -0.860. The smallest absolute Gasteiger partial charge is 0.220 e. The van der Waals surface area contributed by atoms with Gasteiger partial charge in [0.25, 0.3) is 0 Å². The largest absolute Gasteiger partial charge is 0.333 e. The van der Waals surface area contributed by atoms with Gasteiger partial charge in [0.05, 0.1) is 6.04 Å². The van der Waals surface area contributed by atoms with Crippen molar-refractivity contribution < 1.29 is 9.59 Å².